The zero-order valence-electron chi connectivity index (χ0n) is 23.4. The number of hydrogen-bond acceptors (Lipinski definition) is 1. The van der Waals surface area contributed by atoms with Crippen LogP contribution in [0.25, 0.3) is 85.9 Å². The summed E-state index contributed by atoms with van der Waals surface area (Å²) in [5.41, 5.74) is 7.46. The van der Waals surface area contributed by atoms with Gasteiger partial charge in [-0.2, -0.15) is 0 Å². The van der Waals surface area contributed by atoms with Crippen molar-refractivity contribution in [1.29, 1.82) is 0 Å². The van der Waals surface area contributed by atoms with Crippen LogP contribution < -0.4 is 0 Å². The first-order valence-corrected chi connectivity index (χ1v) is 15.6. The van der Waals surface area contributed by atoms with Crippen molar-refractivity contribution < 1.29 is 0 Å². The number of hydrogen-bond donors (Lipinski definition) is 0. The van der Waals surface area contributed by atoms with E-state index in [4.69, 9.17) is 0 Å². The van der Waals surface area contributed by atoms with Gasteiger partial charge in [0.2, 0.25) is 0 Å². The summed E-state index contributed by atoms with van der Waals surface area (Å²) in [7, 11) is 0. The lowest BCUT2D eigenvalue weighted by atomic mass is 9.90. The van der Waals surface area contributed by atoms with Crippen molar-refractivity contribution >= 4 is 63.8 Å². The van der Waals surface area contributed by atoms with E-state index in [9.17, 15) is 0 Å². The lowest BCUT2D eigenvalue weighted by Gasteiger charge is -2.14. The lowest BCUT2D eigenvalue weighted by molar-refractivity contribution is 1.62. The van der Waals surface area contributed by atoms with E-state index in [-0.39, 0.29) is 0 Å². The molecule has 200 valence electrons. The Bertz CT molecular complexity index is 2500. The van der Waals surface area contributed by atoms with Gasteiger partial charge in [0.1, 0.15) is 0 Å². The van der Waals surface area contributed by atoms with Crippen molar-refractivity contribution in [3.05, 3.63) is 158 Å². The second-order valence-electron chi connectivity index (χ2n) is 11.3. The van der Waals surface area contributed by atoms with E-state index in [1.807, 2.05) is 11.3 Å². The van der Waals surface area contributed by atoms with Gasteiger partial charge in [-0.25, -0.2) is 0 Å². The molecule has 9 aromatic rings. The Morgan fingerprint density at radius 1 is 0.233 bits per heavy atom. The molecule has 0 amide bonds. The molecule has 43 heavy (non-hydrogen) atoms. The van der Waals surface area contributed by atoms with Crippen molar-refractivity contribution in [3.8, 4) is 33.4 Å². The van der Waals surface area contributed by atoms with Crippen LogP contribution in [-0.2, 0) is 0 Å². The van der Waals surface area contributed by atoms with Crippen LogP contribution in [0.3, 0.4) is 0 Å². The molecule has 0 fully saturated rings. The molecular formula is C42H26S. The van der Waals surface area contributed by atoms with E-state index in [0.717, 1.165) is 0 Å². The van der Waals surface area contributed by atoms with Gasteiger partial charge in [0.25, 0.3) is 0 Å². The molecule has 0 aliphatic carbocycles. The Kier molecular flexibility index (Phi) is 5.47. The fraction of sp³-hybridized carbons (Fsp3) is 0. The Labute approximate surface area is 254 Å². The van der Waals surface area contributed by atoms with Crippen LogP contribution >= 0.6 is 11.3 Å². The third-order valence-electron chi connectivity index (χ3n) is 8.85. The van der Waals surface area contributed by atoms with E-state index in [1.54, 1.807) is 0 Å². The maximum Gasteiger partial charge on any atom is 0.0361 e. The largest absolute Gasteiger partial charge is 0.135 e. The summed E-state index contributed by atoms with van der Waals surface area (Å²) in [6.45, 7) is 0. The summed E-state index contributed by atoms with van der Waals surface area (Å²) in [6, 6.07) is 58.0. The molecule has 0 aliphatic heterocycles. The van der Waals surface area contributed by atoms with Gasteiger partial charge in [0.05, 0.1) is 0 Å². The minimum atomic E-state index is 1.23. The van der Waals surface area contributed by atoms with Gasteiger partial charge in [-0.15, -0.1) is 11.3 Å². The van der Waals surface area contributed by atoms with Crippen molar-refractivity contribution in [1.82, 2.24) is 0 Å². The number of thiophene rings is 1. The van der Waals surface area contributed by atoms with Crippen molar-refractivity contribution in [3.63, 3.8) is 0 Å². The maximum atomic E-state index is 2.39. The zero-order chi connectivity index (χ0) is 28.3. The highest BCUT2D eigenvalue weighted by molar-refractivity contribution is 7.25. The first kappa shape index (κ1) is 24.4. The minimum Gasteiger partial charge on any atom is -0.135 e. The Balaban J connectivity index is 1.20. The highest BCUT2D eigenvalue weighted by Crippen LogP contribution is 2.40. The molecule has 0 radical (unpaired) electrons. The summed E-state index contributed by atoms with van der Waals surface area (Å²) in [6.07, 6.45) is 0. The molecule has 0 bridgehead atoms. The first-order chi connectivity index (χ1) is 21.3. The van der Waals surface area contributed by atoms with Crippen LogP contribution in [0.2, 0.25) is 0 Å². The van der Waals surface area contributed by atoms with Gasteiger partial charge in [-0.3, -0.25) is 0 Å². The highest BCUT2D eigenvalue weighted by atomic mass is 32.1. The van der Waals surface area contributed by atoms with Crippen LogP contribution in [0, 0.1) is 0 Å². The van der Waals surface area contributed by atoms with Crippen LogP contribution in [0.5, 0.6) is 0 Å². The normalized spacial score (nSPS) is 11.7. The first-order valence-electron chi connectivity index (χ1n) is 14.8. The molecule has 0 saturated carbocycles. The molecule has 9 rings (SSSR count). The molecule has 1 heterocycles. The average Bonchev–Trinajstić information content (AvgIpc) is 3.46. The summed E-state index contributed by atoms with van der Waals surface area (Å²) in [5, 5.41) is 10.5. The Morgan fingerprint density at radius 3 is 1.40 bits per heavy atom. The quantitative estimate of drug-likeness (QED) is 0.188. The predicted molar refractivity (Wildman–Crippen MR) is 188 cm³/mol. The third-order valence-corrected chi connectivity index (χ3v) is 9.99. The lowest BCUT2D eigenvalue weighted by Crippen LogP contribution is -1.87. The third kappa shape index (κ3) is 3.97. The van der Waals surface area contributed by atoms with E-state index < -0.39 is 0 Å². The highest BCUT2D eigenvalue weighted by Gasteiger charge is 2.12. The van der Waals surface area contributed by atoms with E-state index in [2.05, 4.69) is 158 Å². The SMILES string of the molecule is c1ccc(-c2ccc3c(c2)c2ccccc2c2ccc(-c4cccc(-c5ccc6c(c5)sc5ccccc56)c4)cc23)cc1. The number of rotatable bonds is 3. The van der Waals surface area contributed by atoms with Crippen LogP contribution in [0.15, 0.2) is 158 Å². The van der Waals surface area contributed by atoms with Gasteiger partial charge in [-0.1, -0.05) is 127 Å². The fourth-order valence-corrected chi connectivity index (χ4v) is 7.88. The number of benzene rings is 8. The van der Waals surface area contributed by atoms with E-state index in [0.29, 0.717) is 0 Å². The molecule has 0 spiro atoms. The monoisotopic (exact) mass is 562 g/mol. The molecule has 8 aromatic carbocycles. The molecule has 0 saturated heterocycles. The minimum absolute atomic E-state index is 1.23. The van der Waals surface area contributed by atoms with Gasteiger partial charge in [-0.05, 0) is 96.0 Å². The molecule has 0 nitrogen and oxygen atoms in total. The van der Waals surface area contributed by atoms with Crippen LogP contribution in [0.4, 0.5) is 0 Å². The summed E-state index contributed by atoms with van der Waals surface area (Å²) in [4.78, 5) is 0. The molecule has 0 N–H and O–H groups in total. The van der Waals surface area contributed by atoms with E-state index >= 15 is 0 Å². The molecule has 0 unspecified atom stereocenters. The standard InChI is InChI=1S/C42H26S/c1-2-9-27(10-3-1)30-17-21-36-39(24-30)34-14-5-4-13-33(34)35-20-18-31(25-40(35)36)28-11-8-12-29(23-28)32-19-22-38-37-15-6-7-16-41(37)43-42(38)26-32/h1-26H. The Morgan fingerprint density at radius 2 is 0.674 bits per heavy atom. The molecular weight excluding hydrogens is 537 g/mol. The smallest absolute Gasteiger partial charge is 0.0361 e. The fourth-order valence-electron chi connectivity index (χ4n) is 6.73. The second-order valence-corrected chi connectivity index (χ2v) is 12.4. The topological polar surface area (TPSA) is 0 Å². The molecule has 1 aromatic heterocycles. The van der Waals surface area contributed by atoms with Crippen LogP contribution in [-0.4, -0.2) is 0 Å². The van der Waals surface area contributed by atoms with Crippen molar-refractivity contribution in [2.45, 2.75) is 0 Å². The van der Waals surface area contributed by atoms with Gasteiger partial charge < -0.3 is 0 Å². The summed E-state index contributed by atoms with van der Waals surface area (Å²) in [5.74, 6) is 0. The van der Waals surface area contributed by atoms with E-state index in [1.165, 1.54) is 85.9 Å². The van der Waals surface area contributed by atoms with Crippen molar-refractivity contribution in [2.24, 2.45) is 0 Å². The van der Waals surface area contributed by atoms with Gasteiger partial charge in [0, 0.05) is 20.2 Å². The van der Waals surface area contributed by atoms with Crippen molar-refractivity contribution in [2.75, 3.05) is 0 Å². The molecule has 1 heteroatoms. The predicted octanol–water partition coefficient (Wildman–Crippen LogP) is 12.5. The molecule has 0 aliphatic rings. The van der Waals surface area contributed by atoms with Gasteiger partial charge in [0.15, 0.2) is 0 Å². The zero-order valence-corrected chi connectivity index (χ0v) is 24.2. The molecule has 0 atom stereocenters. The maximum absolute atomic E-state index is 2.39. The summed E-state index contributed by atoms with van der Waals surface area (Å²) >= 11 is 1.87. The summed E-state index contributed by atoms with van der Waals surface area (Å²) < 4.78 is 2.68. The Hall–Kier alpha value is -5.24. The number of fused-ring (bicyclic) bond motifs is 9. The average molecular weight is 563 g/mol. The van der Waals surface area contributed by atoms with Gasteiger partial charge >= 0.3 is 0 Å². The van der Waals surface area contributed by atoms with Crippen LogP contribution in [0.1, 0.15) is 0 Å². The second kappa shape index (κ2) is 9.66.